The maximum atomic E-state index is 12.2. The molecule has 6 heteroatoms. The van der Waals surface area contributed by atoms with Gasteiger partial charge in [-0.2, -0.15) is 8.42 Å². The van der Waals surface area contributed by atoms with Crippen molar-refractivity contribution in [3.8, 4) is 0 Å². The molecule has 0 aromatic heterocycles. The Morgan fingerprint density at radius 3 is 1.92 bits per heavy atom. The molecule has 1 aromatic carbocycles. The van der Waals surface area contributed by atoms with Gasteiger partial charge in [0, 0.05) is 51.4 Å². The van der Waals surface area contributed by atoms with E-state index in [4.69, 9.17) is 4.55 Å². The van der Waals surface area contributed by atoms with Crippen LogP contribution in [0.4, 0.5) is 4.39 Å². The van der Waals surface area contributed by atoms with Crippen molar-refractivity contribution < 1.29 is 17.4 Å². The van der Waals surface area contributed by atoms with Gasteiger partial charge in [0.05, 0.1) is 4.90 Å². The summed E-state index contributed by atoms with van der Waals surface area (Å²) < 4.78 is 41.4. The van der Waals surface area contributed by atoms with Crippen molar-refractivity contribution in [3.05, 3.63) is 30.1 Å². The first-order chi connectivity index (χ1) is 5.00. The van der Waals surface area contributed by atoms with Crippen LogP contribution in [-0.4, -0.2) is 64.4 Å². The Balaban J connectivity index is 0.00000121. The SMILES string of the molecule is O=S(=O)(O)c1ccc(F)cc1.[K]. The number of hydrogen-bond donors (Lipinski definition) is 1. The summed E-state index contributed by atoms with van der Waals surface area (Å²) in [5.74, 6) is -0.544. The Hall–Kier alpha value is 0.696. The van der Waals surface area contributed by atoms with Gasteiger partial charge in [-0.1, -0.05) is 0 Å². The molecule has 0 spiro atoms. The van der Waals surface area contributed by atoms with E-state index in [0.717, 1.165) is 24.3 Å². The molecule has 0 saturated heterocycles. The molecular weight excluding hydrogens is 210 g/mol. The molecule has 0 aliphatic carbocycles. The van der Waals surface area contributed by atoms with Gasteiger partial charge in [-0.3, -0.25) is 4.55 Å². The first-order valence-electron chi connectivity index (χ1n) is 2.73. The average molecular weight is 215 g/mol. The Kier molecular flexibility index (Phi) is 5.08. The molecule has 1 N–H and O–H groups in total. The van der Waals surface area contributed by atoms with Gasteiger partial charge in [0.2, 0.25) is 0 Å². The van der Waals surface area contributed by atoms with Crippen LogP contribution in [0.2, 0.25) is 0 Å². The molecule has 0 saturated carbocycles. The fraction of sp³-hybridized carbons (Fsp3) is 0. The largest absolute Gasteiger partial charge is 0.294 e. The predicted molar refractivity (Wildman–Crippen MR) is 42.0 cm³/mol. The molecular formula is C6H5FKO3S. The molecule has 0 aliphatic rings. The monoisotopic (exact) mass is 215 g/mol. The van der Waals surface area contributed by atoms with Crippen LogP contribution in [-0.2, 0) is 10.1 Å². The molecule has 0 unspecified atom stereocenters. The topological polar surface area (TPSA) is 54.4 Å². The van der Waals surface area contributed by atoms with Crippen LogP contribution < -0.4 is 0 Å². The molecule has 0 fully saturated rings. The van der Waals surface area contributed by atoms with E-state index in [0.29, 0.717) is 0 Å². The van der Waals surface area contributed by atoms with Crippen molar-refractivity contribution in [2.45, 2.75) is 4.90 Å². The van der Waals surface area contributed by atoms with Gasteiger partial charge < -0.3 is 0 Å². The third kappa shape index (κ3) is 3.61. The van der Waals surface area contributed by atoms with Gasteiger partial charge in [0.1, 0.15) is 5.82 Å². The molecule has 1 rings (SSSR count). The summed E-state index contributed by atoms with van der Waals surface area (Å²) in [7, 11) is -4.19. The van der Waals surface area contributed by atoms with Crippen molar-refractivity contribution in [2.75, 3.05) is 0 Å². The van der Waals surface area contributed by atoms with Gasteiger partial charge in [0.25, 0.3) is 10.1 Å². The van der Waals surface area contributed by atoms with E-state index in [9.17, 15) is 12.8 Å². The quantitative estimate of drug-likeness (QED) is 0.554. The number of rotatable bonds is 1. The minimum absolute atomic E-state index is 0. The Labute approximate surface area is 112 Å². The van der Waals surface area contributed by atoms with Crippen LogP contribution in [0.3, 0.4) is 0 Å². The second-order valence-electron chi connectivity index (χ2n) is 1.93. The normalized spacial score (nSPS) is 10.5. The van der Waals surface area contributed by atoms with E-state index in [-0.39, 0.29) is 56.3 Å². The standard InChI is InChI=1S/C6H5FO3S.K/c7-5-1-3-6(4-2-5)11(8,9)10;/h1-4H,(H,8,9,10);. The van der Waals surface area contributed by atoms with Crippen LogP contribution in [0.1, 0.15) is 0 Å². The maximum absolute atomic E-state index is 12.2. The van der Waals surface area contributed by atoms with Crippen molar-refractivity contribution in [3.63, 3.8) is 0 Å². The van der Waals surface area contributed by atoms with Crippen molar-refractivity contribution in [1.29, 1.82) is 0 Å². The zero-order chi connectivity index (χ0) is 8.48. The third-order valence-corrected chi connectivity index (χ3v) is 1.98. The molecule has 0 aliphatic heterocycles. The fourth-order valence-electron chi connectivity index (χ4n) is 0.607. The Morgan fingerprint density at radius 2 is 1.58 bits per heavy atom. The number of halogens is 1. The van der Waals surface area contributed by atoms with Crippen LogP contribution >= 0.6 is 0 Å². The van der Waals surface area contributed by atoms with E-state index in [2.05, 4.69) is 0 Å². The smallest absolute Gasteiger partial charge is 0.282 e. The Morgan fingerprint density at radius 1 is 1.17 bits per heavy atom. The van der Waals surface area contributed by atoms with E-state index in [1.807, 2.05) is 0 Å². The molecule has 0 heterocycles. The summed E-state index contributed by atoms with van der Waals surface area (Å²) in [6.45, 7) is 0. The maximum Gasteiger partial charge on any atom is 0.294 e. The molecule has 3 nitrogen and oxygen atoms in total. The molecule has 0 atom stereocenters. The zero-order valence-electron chi connectivity index (χ0n) is 6.36. The van der Waals surface area contributed by atoms with Crippen molar-refractivity contribution in [2.24, 2.45) is 0 Å². The summed E-state index contributed by atoms with van der Waals surface area (Å²) in [5, 5.41) is 0. The van der Waals surface area contributed by atoms with E-state index in [1.165, 1.54) is 0 Å². The number of hydrogen-bond acceptors (Lipinski definition) is 2. The van der Waals surface area contributed by atoms with Gasteiger partial charge in [-0.15, -0.1) is 0 Å². The summed E-state index contributed by atoms with van der Waals surface area (Å²) in [6, 6.07) is 3.90. The van der Waals surface area contributed by atoms with Gasteiger partial charge in [-0.25, -0.2) is 4.39 Å². The molecule has 1 aromatic rings. The summed E-state index contributed by atoms with van der Waals surface area (Å²) >= 11 is 0. The Bertz CT molecular complexity index is 346. The van der Waals surface area contributed by atoms with Crippen LogP contribution in [0.5, 0.6) is 0 Å². The van der Waals surface area contributed by atoms with E-state index < -0.39 is 15.9 Å². The fourth-order valence-corrected chi connectivity index (χ4v) is 1.09. The molecule has 61 valence electrons. The summed E-state index contributed by atoms with van der Waals surface area (Å²) in [4.78, 5) is -0.307. The molecule has 0 amide bonds. The van der Waals surface area contributed by atoms with Gasteiger partial charge in [0.15, 0.2) is 0 Å². The first kappa shape index (κ1) is 12.7. The van der Waals surface area contributed by atoms with Crippen LogP contribution in [0, 0.1) is 5.82 Å². The minimum Gasteiger partial charge on any atom is -0.282 e. The van der Waals surface area contributed by atoms with Gasteiger partial charge in [-0.05, 0) is 24.3 Å². The summed E-state index contributed by atoms with van der Waals surface area (Å²) in [5.41, 5.74) is 0. The average Bonchev–Trinajstić information content (AvgIpc) is 1.86. The van der Waals surface area contributed by atoms with E-state index in [1.54, 1.807) is 0 Å². The zero-order valence-corrected chi connectivity index (χ0v) is 10.3. The third-order valence-electron chi connectivity index (χ3n) is 1.11. The second kappa shape index (κ2) is 4.80. The van der Waals surface area contributed by atoms with E-state index >= 15 is 0 Å². The number of benzene rings is 1. The molecule has 0 bridgehead atoms. The van der Waals surface area contributed by atoms with Crippen LogP contribution in [0.25, 0.3) is 0 Å². The van der Waals surface area contributed by atoms with Crippen molar-refractivity contribution >= 4 is 61.5 Å². The molecule has 1 radical (unpaired) electrons. The summed E-state index contributed by atoms with van der Waals surface area (Å²) in [6.07, 6.45) is 0. The first-order valence-corrected chi connectivity index (χ1v) is 4.17. The van der Waals surface area contributed by atoms with Crippen molar-refractivity contribution in [1.82, 2.24) is 0 Å². The van der Waals surface area contributed by atoms with Gasteiger partial charge >= 0.3 is 0 Å². The second-order valence-corrected chi connectivity index (χ2v) is 3.35. The molecule has 12 heavy (non-hydrogen) atoms. The minimum atomic E-state index is -4.19. The van der Waals surface area contributed by atoms with Crippen LogP contribution in [0.15, 0.2) is 29.2 Å². The predicted octanol–water partition coefficient (Wildman–Crippen LogP) is 0.692.